The van der Waals surface area contributed by atoms with Crippen LogP contribution >= 0.6 is 22.6 Å². The first-order valence-corrected chi connectivity index (χ1v) is 5.36. The largest absolute Gasteiger partial charge is 0.461 e. The Labute approximate surface area is 78.8 Å². The second-order valence-corrected chi connectivity index (χ2v) is 5.29. The molecule has 0 radical (unpaired) electrons. The van der Waals surface area contributed by atoms with E-state index in [9.17, 15) is 4.79 Å². The average molecular weight is 264 g/mol. The molecule has 1 saturated heterocycles. The summed E-state index contributed by atoms with van der Waals surface area (Å²) in [5.74, 6) is 1.74. The van der Waals surface area contributed by atoms with E-state index in [0.29, 0.717) is 9.84 Å². The van der Waals surface area contributed by atoms with Crippen molar-refractivity contribution in [1.82, 2.24) is 0 Å². The number of carbonyl (C=O) groups is 1. The second kappa shape index (κ2) is 1.92. The highest BCUT2D eigenvalue weighted by molar-refractivity contribution is 14.1. The van der Waals surface area contributed by atoms with Gasteiger partial charge in [0.15, 0.2) is 0 Å². The van der Waals surface area contributed by atoms with Crippen LogP contribution in [0.5, 0.6) is 0 Å². The zero-order valence-corrected chi connectivity index (χ0v) is 8.15. The topological polar surface area (TPSA) is 26.3 Å². The Morgan fingerprint density at radius 3 is 2.91 bits per heavy atom. The maximum Gasteiger partial charge on any atom is 0.309 e. The zero-order chi connectivity index (χ0) is 7.59. The van der Waals surface area contributed by atoms with Gasteiger partial charge in [-0.2, -0.15) is 0 Å². The molecule has 2 bridgehead atoms. The van der Waals surface area contributed by atoms with Crippen molar-refractivity contribution in [2.75, 3.05) is 0 Å². The van der Waals surface area contributed by atoms with Crippen LogP contribution in [-0.2, 0) is 9.53 Å². The SMILES string of the molecule is O=C1OC2[C@@H](I)C3C[C@H]1[C@H]2C3. The molecule has 1 heterocycles. The van der Waals surface area contributed by atoms with Crippen molar-refractivity contribution in [2.45, 2.75) is 22.9 Å². The van der Waals surface area contributed by atoms with Crippen molar-refractivity contribution < 1.29 is 9.53 Å². The summed E-state index contributed by atoms with van der Waals surface area (Å²) >= 11 is 2.45. The Kier molecular flexibility index (Phi) is 1.17. The molecule has 0 aromatic heterocycles. The number of ether oxygens (including phenoxy) is 1. The Morgan fingerprint density at radius 2 is 2.27 bits per heavy atom. The molecule has 0 spiro atoms. The molecule has 0 N–H and O–H groups in total. The molecule has 3 rings (SSSR count). The van der Waals surface area contributed by atoms with Gasteiger partial charge in [-0.1, -0.05) is 22.6 Å². The van der Waals surface area contributed by atoms with Crippen molar-refractivity contribution in [1.29, 1.82) is 0 Å². The third kappa shape index (κ3) is 0.661. The molecular formula is C8H9IO2. The molecule has 60 valence electrons. The van der Waals surface area contributed by atoms with Crippen molar-refractivity contribution in [2.24, 2.45) is 17.8 Å². The highest BCUT2D eigenvalue weighted by atomic mass is 127. The predicted molar refractivity (Wildman–Crippen MR) is 47.4 cm³/mol. The molecule has 3 aliphatic rings. The fourth-order valence-electron chi connectivity index (χ4n) is 2.88. The third-order valence-corrected chi connectivity index (χ3v) is 5.12. The van der Waals surface area contributed by atoms with Gasteiger partial charge in [0.25, 0.3) is 0 Å². The first kappa shape index (κ1) is 6.69. The minimum absolute atomic E-state index is 0.0849. The molecule has 2 unspecified atom stereocenters. The highest BCUT2D eigenvalue weighted by Crippen LogP contribution is 2.56. The van der Waals surface area contributed by atoms with Crippen molar-refractivity contribution >= 4 is 28.6 Å². The van der Waals surface area contributed by atoms with Crippen molar-refractivity contribution in [3.05, 3.63) is 0 Å². The van der Waals surface area contributed by atoms with Gasteiger partial charge in [0.1, 0.15) is 6.10 Å². The van der Waals surface area contributed by atoms with E-state index in [0.717, 1.165) is 12.3 Å². The smallest absolute Gasteiger partial charge is 0.309 e. The van der Waals surface area contributed by atoms with Gasteiger partial charge in [0.05, 0.1) is 9.84 Å². The van der Waals surface area contributed by atoms with Gasteiger partial charge < -0.3 is 4.74 Å². The van der Waals surface area contributed by atoms with Gasteiger partial charge in [-0.3, -0.25) is 4.79 Å². The summed E-state index contributed by atoms with van der Waals surface area (Å²) in [6.45, 7) is 0. The van der Waals surface area contributed by atoms with E-state index in [1.807, 2.05) is 0 Å². The number of hydrogen-bond acceptors (Lipinski definition) is 2. The van der Waals surface area contributed by atoms with E-state index >= 15 is 0 Å². The molecule has 3 heteroatoms. The number of alkyl halides is 1. The lowest BCUT2D eigenvalue weighted by Crippen LogP contribution is -2.26. The van der Waals surface area contributed by atoms with Gasteiger partial charge in [0.2, 0.25) is 0 Å². The first-order valence-electron chi connectivity index (χ1n) is 4.12. The summed E-state index contributed by atoms with van der Waals surface area (Å²) < 4.78 is 5.92. The van der Waals surface area contributed by atoms with Gasteiger partial charge in [-0.25, -0.2) is 0 Å². The van der Waals surface area contributed by atoms with E-state index in [1.165, 1.54) is 6.42 Å². The Bertz CT molecular complexity index is 228. The van der Waals surface area contributed by atoms with Gasteiger partial charge >= 0.3 is 5.97 Å². The van der Waals surface area contributed by atoms with Crippen LogP contribution in [0.3, 0.4) is 0 Å². The lowest BCUT2D eigenvalue weighted by atomic mass is 9.90. The summed E-state index contributed by atoms with van der Waals surface area (Å²) in [6.07, 6.45) is 2.63. The minimum Gasteiger partial charge on any atom is -0.461 e. The van der Waals surface area contributed by atoms with Gasteiger partial charge in [-0.15, -0.1) is 0 Å². The Balaban J connectivity index is 2.04. The van der Waals surface area contributed by atoms with Crippen LogP contribution < -0.4 is 0 Å². The van der Waals surface area contributed by atoms with Crippen LogP contribution in [0.4, 0.5) is 0 Å². The van der Waals surface area contributed by atoms with Crippen LogP contribution in [0.1, 0.15) is 12.8 Å². The normalized spacial score (nSPS) is 58.6. The number of halogens is 1. The summed E-state index contributed by atoms with van der Waals surface area (Å²) in [5, 5.41) is 0. The van der Waals surface area contributed by atoms with E-state index in [4.69, 9.17) is 4.74 Å². The maximum atomic E-state index is 11.2. The molecule has 2 saturated carbocycles. The number of esters is 1. The van der Waals surface area contributed by atoms with Crippen LogP contribution in [0.2, 0.25) is 0 Å². The third-order valence-electron chi connectivity index (χ3n) is 3.39. The number of rotatable bonds is 0. The molecule has 11 heavy (non-hydrogen) atoms. The summed E-state index contributed by atoms with van der Waals surface area (Å²) in [5.41, 5.74) is 0. The van der Waals surface area contributed by atoms with E-state index in [-0.39, 0.29) is 18.0 Å². The standard InChI is InChI=1S/C8H9IO2/c9-6-3-1-4-5(2-3)8(10)11-7(4)6/h3-7H,1-2H2/t3?,4-,5+,6+,7?/m1/s1. The summed E-state index contributed by atoms with van der Waals surface area (Å²) in [4.78, 5) is 11.2. The van der Waals surface area contributed by atoms with E-state index < -0.39 is 0 Å². The number of carbonyl (C=O) groups excluding carboxylic acids is 1. The number of hydrogen-bond donors (Lipinski definition) is 0. The van der Waals surface area contributed by atoms with Crippen LogP contribution in [0.15, 0.2) is 0 Å². The molecule has 0 aromatic rings. The molecular weight excluding hydrogens is 255 g/mol. The van der Waals surface area contributed by atoms with E-state index in [2.05, 4.69) is 22.6 Å². The molecule has 1 aliphatic heterocycles. The molecule has 5 atom stereocenters. The van der Waals surface area contributed by atoms with Gasteiger partial charge in [-0.05, 0) is 18.8 Å². The molecule has 0 aromatic carbocycles. The molecule has 2 aliphatic carbocycles. The van der Waals surface area contributed by atoms with Crippen LogP contribution in [0, 0.1) is 17.8 Å². The van der Waals surface area contributed by atoms with Crippen molar-refractivity contribution in [3.63, 3.8) is 0 Å². The Morgan fingerprint density at radius 1 is 1.45 bits per heavy atom. The summed E-state index contributed by atoms with van der Waals surface area (Å²) in [7, 11) is 0. The second-order valence-electron chi connectivity index (χ2n) is 3.85. The minimum atomic E-state index is 0.0849. The highest BCUT2D eigenvalue weighted by Gasteiger charge is 2.60. The summed E-state index contributed by atoms with van der Waals surface area (Å²) in [6, 6.07) is 0. The lowest BCUT2D eigenvalue weighted by molar-refractivity contribution is -0.143. The van der Waals surface area contributed by atoms with E-state index in [1.54, 1.807) is 0 Å². The lowest BCUT2D eigenvalue weighted by Gasteiger charge is -2.19. The van der Waals surface area contributed by atoms with Gasteiger partial charge in [0, 0.05) is 5.92 Å². The zero-order valence-electron chi connectivity index (χ0n) is 6.00. The predicted octanol–water partition coefficient (Wildman–Crippen LogP) is 1.37. The Hall–Kier alpha value is 0.200. The van der Waals surface area contributed by atoms with Crippen LogP contribution in [0.25, 0.3) is 0 Å². The molecule has 2 nitrogen and oxygen atoms in total. The monoisotopic (exact) mass is 264 g/mol. The number of fused-ring (bicyclic) bond motifs is 1. The average Bonchev–Trinajstić information content (AvgIpc) is 2.53. The van der Waals surface area contributed by atoms with Crippen LogP contribution in [-0.4, -0.2) is 16.0 Å². The molecule has 0 amide bonds. The quantitative estimate of drug-likeness (QED) is 0.375. The maximum absolute atomic E-state index is 11.2. The fourth-order valence-corrected chi connectivity index (χ4v) is 4.15. The fraction of sp³-hybridized carbons (Fsp3) is 0.875. The van der Waals surface area contributed by atoms with Crippen molar-refractivity contribution in [3.8, 4) is 0 Å². The first-order chi connectivity index (χ1) is 5.27. The molecule has 3 fully saturated rings.